The second-order valence-corrected chi connectivity index (χ2v) is 2.54. The first-order valence-electron chi connectivity index (χ1n) is 3.40. The maximum absolute atomic E-state index is 10.9. The molecule has 0 fully saturated rings. The molecule has 1 aliphatic rings. The fraction of sp³-hybridized carbons (Fsp3) is 0.222. The lowest BCUT2D eigenvalue weighted by atomic mass is 9.97. The number of hydrogen-bond acceptors (Lipinski definition) is 2. The molecule has 2 heteroatoms. The van der Waals surface area contributed by atoms with Gasteiger partial charge in [0, 0.05) is 13.8 Å². The lowest BCUT2D eigenvalue weighted by Gasteiger charge is -1.96. The summed E-state index contributed by atoms with van der Waals surface area (Å²) in [7, 11) is 0. The van der Waals surface area contributed by atoms with Crippen LogP contribution in [-0.4, -0.2) is 11.6 Å². The van der Waals surface area contributed by atoms with Gasteiger partial charge in [-0.2, -0.15) is 0 Å². The topological polar surface area (TPSA) is 34.1 Å². The van der Waals surface area contributed by atoms with E-state index in [1.54, 1.807) is 19.1 Å². The second-order valence-electron chi connectivity index (χ2n) is 2.54. The normalized spacial score (nSPS) is 16.7. The van der Waals surface area contributed by atoms with Crippen molar-refractivity contribution in [1.82, 2.24) is 0 Å². The van der Waals surface area contributed by atoms with E-state index < -0.39 is 0 Å². The van der Waals surface area contributed by atoms with Gasteiger partial charge in [-0.25, -0.2) is 0 Å². The standard InChI is InChI=1S/C9H9O2/c1-6-5-8(7(2)10)3-4-9(6)11/h3-5H,1-2H3/q+1. The summed E-state index contributed by atoms with van der Waals surface area (Å²) in [5, 5.41) is 0. The SMILES string of the molecule is CC(=O)C1=C[CH+]C(=O)C(C)=C1. The maximum Gasteiger partial charge on any atom is 0.287 e. The molecule has 0 saturated carbocycles. The quantitative estimate of drug-likeness (QED) is 0.525. The lowest BCUT2D eigenvalue weighted by Crippen LogP contribution is -2.07. The molecule has 2 nitrogen and oxygen atoms in total. The van der Waals surface area contributed by atoms with Gasteiger partial charge in [-0.15, -0.1) is 0 Å². The highest BCUT2D eigenvalue weighted by Crippen LogP contribution is 2.13. The first kappa shape index (κ1) is 7.79. The average Bonchev–Trinajstić information content (AvgIpc) is 1.94. The highest BCUT2D eigenvalue weighted by atomic mass is 16.1. The maximum atomic E-state index is 10.9. The zero-order chi connectivity index (χ0) is 8.43. The highest BCUT2D eigenvalue weighted by Gasteiger charge is 2.21. The van der Waals surface area contributed by atoms with Crippen molar-refractivity contribution in [1.29, 1.82) is 0 Å². The largest absolute Gasteiger partial charge is 0.287 e. The fourth-order valence-electron chi connectivity index (χ4n) is 0.868. The molecule has 0 radical (unpaired) electrons. The molecule has 0 aliphatic heterocycles. The summed E-state index contributed by atoms with van der Waals surface area (Å²) in [5.74, 6) is -0.0249. The van der Waals surface area contributed by atoms with E-state index in [4.69, 9.17) is 0 Å². The molecule has 0 unspecified atom stereocenters. The van der Waals surface area contributed by atoms with E-state index in [9.17, 15) is 9.59 Å². The molecular weight excluding hydrogens is 140 g/mol. The smallest absolute Gasteiger partial charge is 0.279 e. The molecule has 0 heterocycles. The Kier molecular flexibility index (Phi) is 1.94. The van der Waals surface area contributed by atoms with Crippen LogP contribution in [0, 0.1) is 6.42 Å². The van der Waals surface area contributed by atoms with Gasteiger partial charge in [0.2, 0.25) is 5.78 Å². The van der Waals surface area contributed by atoms with Crippen LogP contribution in [0.5, 0.6) is 0 Å². The molecule has 56 valence electrons. The van der Waals surface area contributed by atoms with Crippen molar-refractivity contribution < 1.29 is 9.59 Å². The Labute approximate surface area is 65.6 Å². The van der Waals surface area contributed by atoms with Crippen LogP contribution in [0.1, 0.15) is 13.8 Å². The number of rotatable bonds is 1. The van der Waals surface area contributed by atoms with Gasteiger partial charge in [-0.05, 0) is 0 Å². The zero-order valence-corrected chi connectivity index (χ0v) is 6.55. The van der Waals surface area contributed by atoms with Gasteiger partial charge in [-0.1, -0.05) is 0 Å². The van der Waals surface area contributed by atoms with Gasteiger partial charge in [-0.3, -0.25) is 9.59 Å². The molecule has 0 aromatic carbocycles. The Balaban J connectivity index is 2.91. The molecule has 0 bridgehead atoms. The minimum absolute atomic E-state index is 0.00639. The summed E-state index contributed by atoms with van der Waals surface area (Å²) in [6.45, 7) is 3.19. The van der Waals surface area contributed by atoms with Gasteiger partial charge in [0.25, 0.3) is 5.78 Å². The Hall–Kier alpha value is -1.31. The number of allylic oxidation sites excluding steroid dienone is 4. The van der Waals surface area contributed by atoms with Crippen LogP contribution < -0.4 is 0 Å². The predicted octanol–water partition coefficient (Wildman–Crippen LogP) is 1.24. The van der Waals surface area contributed by atoms with E-state index in [2.05, 4.69) is 0 Å². The van der Waals surface area contributed by atoms with Crippen LogP contribution in [0.15, 0.2) is 23.3 Å². The summed E-state index contributed by atoms with van der Waals surface area (Å²) < 4.78 is 0. The minimum Gasteiger partial charge on any atom is -0.279 e. The molecule has 0 aromatic rings. The van der Waals surface area contributed by atoms with Crippen molar-refractivity contribution >= 4 is 11.6 Å². The predicted molar refractivity (Wildman–Crippen MR) is 41.8 cm³/mol. The highest BCUT2D eigenvalue weighted by molar-refractivity contribution is 6.09. The average molecular weight is 149 g/mol. The van der Waals surface area contributed by atoms with Crippen molar-refractivity contribution in [3.8, 4) is 0 Å². The first-order chi connectivity index (χ1) is 5.11. The minimum atomic E-state index is -0.0185. The van der Waals surface area contributed by atoms with Gasteiger partial charge >= 0.3 is 0 Å². The van der Waals surface area contributed by atoms with Gasteiger partial charge in [0.05, 0.1) is 24.1 Å². The lowest BCUT2D eigenvalue weighted by molar-refractivity contribution is -0.113. The summed E-state index contributed by atoms with van der Waals surface area (Å²) in [5.41, 5.74) is 1.22. The van der Waals surface area contributed by atoms with Crippen LogP contribution in [0.4, 0.5) is 0 Å². The third-order valence-electron chi connectivity index (χ3n) is 1.58. The number of carbonyl (C=O) groups is 2. The summed E-state index contributed by atoms with van der Waals surface area (Å²) >= 11 is 0. The summed E-state index contributed by atoms with van der Waals surface area (Å²) in [6.07, 6.45) is 4.59. The molecule has 0 atom stereocenters. The van der Waals surface area contributed by atoms with E-state index >= 15 is 0 Å². The number of ketones is 2. The third-order valence-corrected chi connectivity index (χ3v) is 1.58. The summed E-state index contributed by atoms with van der Waals surface area (Å²) in [4.78, 5) is 21.7. The Morgan fingerprint density at radius 3 is 2.64 bits per heavy atom. The van der Waals surface area contributed by atoms with Crippen molar-refractivity contribution in [2.75, 3.05) is 0 Å². The Bertz CT molecular complexity index is 269. The van der Waals surface area contributed by atoms with E-state index in [0.29, 0.717) is 11.1 Å². The monoisotopic (exact) mass is 149 g/mol. The molecule has 0 amide bonds. The summed E-state index contributed by atoms with van der Waals surface area (Å²) in [6, 6.07) is 0. The third kappa shape index (κ3) is 1.58. The molecular formula is C9H9O2+. The molecule has 11 heavy (non-hydrogen) atoms. The van der Waals surface area contributed by atoms with Gasteiger partial charge in [0.1, 0.15) is 5.57 Å². The van der Waals surface area contributed by atoms with E-state index in [1.807, 2.05) is 0 Å². The number of Topliss-reactive ketones (excluding diaryl/α,β-unsaturated/α-hetero) is 2. The van der Waals surface area contributed by atoms with Crippen molar-refractivity contribution in [3.05, 3.63) is 29.7 Å². The fourth-order valence-corrected chi connectivity index (χ4v) is 0.868. The zero-order valence-electron chi connectivity index (χ0n) is 6.55. The molecule has 1 rings (SSSR count). The van der Waals surface area contributed by atoms with Gasteiger partial charge in [0.15, 0.2) is 0 Å². The number of hydrogen-bond donors (Lipinski definition) is 0. The van der Waals surface area contributed by atoms with E-state index in [1.165, 1.54) is 13.3 Å². The van der Waals surface area contributed by atoms with Crippen molar-refractivity contribution in [2.45, 2.75) is 13.8 Å². The molecule has 0 aromatic heterocycles. The van der Waals surface area contributed by atoms with E-state index in [0.717, 1.165) is 0 Å². The van der Waals surface area contributed by atoms with E-state index in [-0.39, 0.29) is 11.6 Å². The van der Waals surface area contributed by atoms with Crippen LogP contribution in [0.25, 0.3) is 0 Å². The van der Waals surface area contributed by atoms with Crippen LogP contribution in [0.3, 0.4) is 0 Å². The number of carbonyl (C=O) groups excluding carboxylic acids is 2. The first-order valence-corrected chi connectivity index (χ1v) is 3.40. The van der Waals surface area contributed by atoms with Crippen LogP contribution in [-0.2, 0) is 9.59 Å². The van der Waals surface area contributed by atoms with Crippen molar-refractivity contribution in [3.63, 3.8) is 0 Å². The Morgan fingerprint density at radius 1 is 1.55 bits per heavy atom. The van der Waals surface area contributed by atoms with Crippen LogP contribution in [0.2, 0.25) is 0 Å². The van der Waals surface area contributed by atoms with Crippen LogP contribution >= 0.6 is 0 Å². The van der Waals surface area contributed by atoms with Crippen molar-refractivity contribution in [2.24, 2.45) is 0 Å². The molecule has 0 N–H and O–H groups in total. The molecule has 0 saturated heterocycles. The molecule has 0 spiro atoms. The molecule has 1 aliphatic carbocycles. The Morgan fingerprint density at radius 2 is 2.18 bits per heavy atom. The second kappa shape index (κ2) is 2.74. The van der Waals surface area contributed by atoms with Gasteiger partial charge < -0.3 is 0 Å².